The summed E-state index contributed by atoms with van der Waals surface area (Å²) < 4.78 is 29.5. The molecule has 2 aromatic rings. The van der Waals surface area contributed by atoms with Gasteiger partial charge in [0.2, 0.25) is 0 Å². The SMILES string of the molecule is CN(C)C1(Cn2c(=S)[nH]c3c(F)cc(F)cc32)CCC1. The lowest BCUT2D eigenvalue weighted by Crippen LogP contribution is -2.53. The minimum atomic E-state index is -0.600. The maximum Gasteiger partial charge on any atom is 0.178 e. The fraction of sp³-hybridized carbons (Fsp3) is 0.500. The van der Waals surface area contributed by atoms with E-state index in [-0.39, 0.29) is 11.1 Å². The Morgan fingerprint density at radius 3 is 2.60 bits per heavy atom. The van der Waals surface area contributed by atoms with Gasteiger partial charge in [0.05, 0.1) is 5.52 Å². The summed E-state index contributed by atoms with van der Waals surface area (Å²) in [5, 5.41) is 0. The van der Waals surface area contributed by atoms with Crippen molar-refractivity contribution in [1.82, 2.24) is 14.5 Å². The van der Waals surface area contributed by atoms with Crippen LogP contribution in [0.15, 0.2) is 12.1 Å². The highest BCUT2D eigenvalue weighted by Crippen LogP contribution is 2.38. The number of aromatic amines is 1. The number of nitrogens with one attached hydrogen (secondary N) is 1. The molecule has 1 aliphatic carbocycles. The Balaban J connectivity index is 2.12. The van der Waals surface area contributed by atoms with Gasteiger partial charge in [-0.1, -0.05) is 0 Å². The third kappa shape index (κ3) is 1.98. The Bertz CT molecular complexity index is 713. The van der Waals surface area contributed by atoms with Crippen molar-refractivity contribution in [3.63, 3.8) is 0 Å². The largest absolute Gasteiger partial charge is 0.328 e. The van der Waals surface area contributed by atoms with Crippen molar-refractivity contribution >= 4 is 23.3 Å². The van der Waals surface area contributed by atoms with E-state index in [0.29, 0.717) is 16.8 Å². The van der Waals surface area contributed by atoms with Gasteiger partial charge in [0, 0.05) is 18.2 Å². The maximum absolute atomic E-state index is 13.8. The zero-order chi connectivity index (χ0) is 14.5. The second kappa shape index (κ2) is 4.63. The minimum Gasteiger partial charge on any atom is -0.328 e. The molecule has 0 bridgehead atoms. The topological polar surface area (TPSA) is 24.0 Å². The van der Waals surface area contributed by atoms with Gasteiger partial charge in [-0.25, -0.2) is 8.78 Å². The smallest absolute Gasteiger partial charge is 0.178 e. The molecule has 20 heavy (non-hydrogen) atoms. The quantitative estimate of drug-likeness (QED) is 0.877. The molecule has 1 saturated carbocycles. The standard InChI is InChI=1S/C14H17F2N3S/c1-18(2)14(4-3-5-14)8-19-11-7-9(15)6-10(16)12(11)17-13(19)20/h6-7H,3-5,8H2,1-2H3,(H,17,20). The van der Waals surface area contributed by atoms with Gasteiger partial charge in [-0.3, -0.25) is 0 Å². The predicted molar refractivity (Wildman–Crippen MR) is 77.3 cm³/mol. The van der Waals surface area contributed by atoms with E-state index in [2.05, 4.69) is 9.88 Å². The van der Waals surface area contributed by atoms with Crippen molar-refractivity contribution in [3.8, 4) is 0 Å². The van der Waals surface area contributed by atoms with Crippen LogP contribution in [0.3, 0.4) is 0 Å². The van der Waals surface area contributed by atoms with Crippen molar-refractivity contribution in [2.75, 3.05) is 14.1 Å². The van der Waals surface area contributed by atoms with Gasteiger partial charge in [-0.05, 0) is 51.6 Å². The van der Waals surface area contributed by atoms with Crippen LogP contribution in [0.4, 0.5) is 8.78 Å². The average molecular weight is 297 g/mol. The first-order chi connectivity index (χ1) is 9.43. The highest BCUT2D eigenvalue weighted by molar-refractivity contribution is 7.71. The van der Waals surface area contributed by atoms with Gasteiger partial charge >= 0.3 is 0 Å². The highest BCUT2D eigenvalue weighted by Gasteiger charge is 2.39. The van der Waals surface area contributed by atoms with Gasteiger partial charge in [-0.2, -0.15) is 0 Å². The lowest BCUT2D eigenvalue weighted by Gasteiger charge is -2.47. The highest BCUT2D eigenvalue weighted by atomic mass is 32.1. The number of imidazole rings is 1. The van der Waals surface area contributed by atoms with Crippen molar-refractivity contribution in [1.29, 1.82) is 0 Å². The number of nitrogens with zero attached hydrogens (tertiary/aromatic N) is 2. The molecule has 6 heteroatoms. The molecular weight excluding hydrogens is 280 g/mol. The lowest BCUT2D eigenvalue weighted by molar-refractivity contribution is 0.0431. The van der Waals surface area contributed by atoms with Gasteiger partial charge < -0.3 is 14.5 Å². The fourth-order valence-corrected chi connectivity index (χ4v) is 3.23. The molecule has 0 spiro atoms. The molecule has 1 N–H and O–H groups in total. The van der Waals surface area contributed by atoms with Crippen LogP contribution in [-0.4, -0.2) is 34.1 Å². The zero-order valence-corrected chi connectivity index (χ0v) is 12.4. The average Bonchev–Trinajstić information content (AvgIpc) is 2.60. The molecule has 0 atom stereocenters. The predicted octanol–water partition coefficient (Wildman–Crippen LogP) is 3.46. The summed E-state index contributed by atoms with van der Waals surface area (Å²) in [6.45, 7) is 0.654. The molecular formula is C14H17F2N3S. The van der Waals surface area contributed by atoms with Gasteiger partial charge in [0.1, 0.15) is 11.3 Å². The molecule has 1 aliphatic rings. The van der Waals surface area contributed by atoms with Crippen LogP contribution in [-0.2, 0) is 6.54 Å². The van der Waals surface area contributed by atoms with Crippen LogP contribution in [0.2, 0.25) is 0 Å². The normalized spacial score (nSPS) is 17.6. The van der Waals surface area contributed by atoms with E-state index in [0.717, 1.165) is 18.9 Å². The number of benzene rings is 1. The molecule has 1 heterocycles. The molecule has 3 nitrogen and oxygen atoms in total. The first kappa shape index (κ1) is 13.7. The van der Waals surface area contributed by atoms with Crippen LogP contribution in [0.1, 0.15) is 19.3 Å². The Kier molecular flexibility index (Phi) is 3.17. The lowest BCUT2D eigenvalue weighted by atomic mass is 9.75. The van der Waals surface area contributed by atoms with E-state index in [1.165, 1.54) is 12.5 Å². The van der Waals surface area contributed by atoms with E-state index in [4.69, 9.17) is 12.2 Å². The van der Waals surface area contributed by atoms with Crippen molar-refractivity contribution in [3.05, 3.63) is 28.5 Å². The molecule has 1 aromatic heterocycles. The number of hydrogen-bond acceptors (Lipinski definition) is 2. The summed E-state index contributed by atoms with van der Waals surface area (Å²) in [5.41, 5.74) is 0.820. The summed E-state index contributed by atoms with van der Waals surface area (Å²) in [6.07, 6.45) is 3.33. The Labute approximate surface area is 121 Å². The fourth-order valence-electron chi connectivity index (χ4n) is 2.96. The molecule has 3 rings (SSSR count). The summed E-state index contributed by atoms with van der Waals surface area (Å²) in [4.78, 5) is 5.04. The number of hydrogen-bond donors (Lipinski definition) is 1. The summed E-state index contributed by atoms with van der Waals surface area (Å²) in [6, 6.07) is 2.22. The second-order valence-electron chi connectivity index (χ2n) is 5.77. The number of H-pyrrole nitrogens is 1. The molecule has 108 valence electrons. The zero-order valence-electron chi connectivity index (χ0n) is 11.5. The van der Waals surface area contributed by atoms with Crippen molar-refractivity contribution in [2.45, 2.75) is 31.3 Å². The number of halogens is 2. The van der Waals surface area contributed by atoms with E-state index in [9.17, 15) is 8.78 Å². The number of aromatic nitrogens is 2. The van der Waals surface area contributed by atoms with Gasteiger partial charge in [0.25, 0.3) is 0 Å². The van der Waals surface area contributed by atoms with E-state index in [1.807, 2.05) is 18.7 Å². The maximum atomic E-state index is 13.8. The molecule has 0 aliphatic heterocycles. The first-order valence-electron chi connectivity index (χ1n) is 6.68. The molecule has 0 amide bonds. The number of likely N-dealkylation sites (N-methyl/N-ethyl adjacent to an activating group) is 1. The molecule has 0 radical (unpaired) electrons. The molecule has 0 unspecified atom stereocenters. The van der Waals surface area contributed by atoms with E-state index in [1.54, 1.807) is 0 Å². The Hall–Kier alpha value is -1.27. The third-order valence-corrected chi connectivity index (χ3v) is 4.81. The van der Waals surface area contributed by atoms with Crippen LogP contribution in [0, 0.1) is 16.4 Å². The number of fused-ring (bicyclic) bond motifs is 1. The van der Waals surface area contributed by atoms with Crippen LogP contribution >= 0.6 is 12.2 Å². The summed E-state index contributed by atoms with van der Waals surface area (Å²) >= 11 is 5.28. The Morgan fingerprint density at radius 1 is 1.35 bits per heavy atom. The van der Waals surface area contributed by atoms with Gasteiger partial charge in [0.15, 0.2) is 10.6 Å². The van der Waals surface area contributed by atoms with Crippen LogP contribution < -0.4 is 0 Å². The summed E-state index contributed by atoms with van der Waals surface area (Å²) in [7, 11) is 4.08. The van der Waals surface area contributed by atoms with Crippen LogP contribution in [0.5, 0.6) is 0 Å². The molecule has 1 aromatic carbocycles. The van der Waals surface area contributed by atoms with Crippen LogP contribution in [0.25, 0.3) is 11.0 Å². The third-order valence-electron chi connectivity index (χ3n) is 4.49. The van der Waals surface area contributed by atoms with Crippen molar-refractivity contribution in [2.24, 2.45) is 0 Å². The minimum absolute atomic E-state index is 0.0378. The first-order valence-corrected chi connectivity index (χ1v) is 7.09. The van der Waals surface area contributed by atoms with Gasteiger partial charge in [-0.15, -0.1) is 0 Å². The summed E-state index contributed by atoms with van der Waals surface area (Å²) in [5.74, 6) is -1.18. The molecule has 1 fully saturated rings. The molecule has 0 saturated heterocycles. The van der Waals surface area contributed by atoms with E-state index >= 15 is 0 Å². The van der Waals surface area contributed by atoms with E-state index < -0.39 is 11.6 Å². The monoisotopic (exact) mass is 297 g/mol. The second-order valence-corrected chi connectivity index (χ2v) is 6.16. The van der Waals surface area contributed by atoms with Crippen molar-refractivity contribution < 1.29 is 8.78 Å². The number of rotatable bonds is 3. The Morgan fingerprint density at radius 2 is 2.05 bits per heavy atom.